The topological polar surface area (TPSA) is 50.9 Å². The molecule has 0 spiro atoms. The van der Waals surface area contributed by atoms with Crippen molar-refractivity contribution in [3.63, 3.8) is 0 Å². The standard InChI is InChI=1S/C13H14ClN3/c14-12-2-1-3-13(6-12)17-9-11-8-16-5-4-10(11)7-15/h1-6,8,17H,7,9,15H2. The van der Waals surface area contributed by atoms with E-state index in [0.29, 0.717) is 13.1 Å². The van der Waals surface area contributed by atoms with Gasteiger partial charge in [0, 0.05) is 36.2 Å². The quantitative estimate of drug-likeness (QED) is 0.874. The van der Waals surface area contributed by atoms with Gasteiger partial charge in [-0.2, -0.15) is 0 Å². The van der Waals surface area contributed by atoms with E-state index in [2.05, 4.69) is 10.3 Å². The van der Waals surface area contributed by atoms with E-state index >= 15 is 0 Å². The van der Waals surface area contributed by atoms with Crippen molar-refractivity contribution in [1.82, 2.24) is 4.98 Å². The molecular weight excluding hydrogens is 234 g/mol. The average Bonchev–Trinajstić information content (AvgIpc) is 2.37. The summed E-state index contributed by atoms with van der Waals surface area (Å²) in [6.07, 6.45) is 3.59. The summed E-state index contributed by atoms with van der Waals surface area (Å²) in [6, 6.07) is 9.57. The molecule has 0 amide bonds. The SMILES string of the molecule is NCc1ccncc1CNc1cccc(Cl)c1. The van der Waals surface area contributed by atoms with Crippen molar-refractivity contribution in [2.75, 3.05) is 5.32 Å². The molecule has 0 aliphatic rings. The molecule has 1 aromatic heterocycles. The predicted molar refractivity (Wildman–Crippen MR) is 70.9 cm³/mol. The molecule has 17 heavy (non-hydrogen) atoms. The van der Waals surface area contributed by atoms with Crippen LogP contribution in [0.4, 0.5) is 5.69 Å². The Labute approximate surface area is 106 Å². The van der Waals surface area contributed by atoms with Gasteiger partial charge >= 0.3 is 0 Å². The third kappa shape index (κ3) is 3.19. The molecule has 0 fully saturated rings. The summed E-state index contributed by atoms with van der Waals surface area (Å²) in [7, 11) is 0. The third-order valence-corrected chi connectivity index (χ3v) is 2.77. The van der Waals surface area contributed by atoms with E-state index in [0.717, 1.165) is 21.8 Å². The lowest BCUT2D eigenvalue weighted by molar-refractivity contribution is 0.989. The number of anilines is 1. The number of nitrogens with one attached hydrogen (secondary N) is 1. The van der Waals surface area contributed by atoms with E-state index in [1.165, 1.54) is 0 Å². The van der Waals surface area contributed by atoms with Crippen molar-refractivity contribution in [1.29, 1.82) is 0 Å². The zero-order valence-electron chi connectivity index (χ0n) is 9.36. The van der Waals surface area contributed by atoms with E-state index in [1.807, 2.05) is 36.5 Å². The summed E-state index contributed by atoms with van der Waals surface area (Å²) >= 11 is 5.91. The predicted octanol–water partition coefficient (Wildman–Crippen LogP) is 2.81. The van der Waals surface area contributed by atoms with Crippen molar-refractivity contribution in [3.05, 3.63) is 58.9 Å². The Morgan fingerprint density at radius 2 is 2.12 bits per heavy atom. The lowest BCUT2D eigenvalue weighted by atomic mass is 10.1. The second kappa shape index (κ2) is 5.66. The molecule has 0 atom stereocenters. The number of pyridine rings is 1. The van der Waals surface area contributed by atoms with Crippen LogP contribution in [0.5, 0.6) is 0 Å². The molecule has 0 aliphatic carbocycles. The van der Waals surface area contributed by atoms with Gasteiger partial charge < -0.3 is 11.1 Å². The Kier molecular flexibility index (Phi) is 3.96. The fraction of sp³-hybridized carbons (Fsp3) is 0.154. The van der Waals surface area contributed by atoms with Gasteiger partial charge in [-0.15, -0.1) is 0 Å². The van der Waals surface area contributed by atoms with Crippen molar-refractivity contribution in [2.45, 2.75) is 13.1 Å². The minimum atomic E-state index is 0.523. The Balaban J connectivity index is 2.07. The molecule has 2 aromatic rings. The van der Waals surface area contributed by atoms with Crippen LogP contribution < -0.4 is 11.1 Å². The van der Waals surface area contributed by atoms with Crippen LogP contribution in [0, 0.1) is 0 Å². The minimum absolute atomic E-state index is 0.523. The highest BCUT2D eigenvalue weighted by Gasteiger charge is 2.00. The van der Waals surface area contributed by atoms with Crippen LogP contribution in [0.3, 0.4) is 0 Å². The molecule has 88 valence electrons. The summed E-state index contributed by atoms with van der Waals surface area (Å²) in [5.74, 6) is 0. The van der Waals surface area contributed by atoms with Gasteiger partial charge in [0.25, 0.3) is 0 Å². The highest BCUT2D eigenvalue weighted by Crippen LogP contribution is 2.16. The molecule has 0 saturated carbocycles. The van der Waals surface area contributed by atoms with E-state index in [9.17, 15) is 0 Å². The molecule has 0 unspecified atom stereocenters. The average molecular weight is 248 g/mol. The van der Waals surface area contributed by atoms with E-state index < -0.39 is 0 Å². The molecule has 4 heteroatoms. The maximum atomic E-state index is 5.91. The van der Waals surface area contributed by atoms with Crippen LogP contribution in [-0.4, -0.2) is 4.98 Å². The molecule has 2 rings (SSSR count). The number of nitrogens with zero attached hydrogens (tertiary/aromatic N) is 1. The van der Waals surface area contributed by atoms with E-state index in [1.54, 1.807) is 6.20 Å². The first-order chi connectivity index (χ1) is 8.29. The molecule has 3 N–H and O–H groups in total. The summed E-state index contributed by atoms with van der Waals surface area (Å²) in [6.45, 7) is 1.22. The van der Waals surface area contributed by atoms with Gasteiger partial charge in [-0.1, -0.05) is 17.7 Å². The Hall–Kier alpha value is -1.58. The van der Waals surface area contributed by atoms with Crippen LogP contribution >= 0.6 is 11.6 Å². The zero-order chi connectivity index (χ0) is 12.1. The molecule has 0 aliphatic heterocycles. The smallest absolute Gasteiger partial charge is 0.0426 e. The number of halogens is 1. The fourth-order valence-corrected chi connectivity index (χ4v) is 1.80. The van der Waals surface area contributed by atoms with Crippen molar-refractivity contribution >= 4 is 17.3 Å². The number of benzene rings is 1. The Bertz CT molecular complexity index is 500. The maximum absolute atomic E-state index is 5.91. The molecule has 0 saturated heterocycles. The fourth-order valence-electron chi connectivity index (χ4n) is 1.61. The highest BCUT2D eigenvalue weighted by atomic mass is 35.5. The lowest BCUT2D eigenvalue weighted by Gasteiger charge is -2.09. The zero-order valence-corrected chi connectivity index (χ0v) is 10.1. The largest absolute Gasteiger partial charge is 0.381 e. The van der Waals surface area contributed by atoms with Crippen LogP contribution in [-0.2, 0) is 13.1 Å². The second-order valence-corrected chi connectivity index (χ2v) is 4.15. The monoisotopic (exact) mass is 247 g/mol. The van der Waals surface area contributed by atoms with Crippen molar-refractivity contribution < 1.29 is 0 Å². The second-order valence-electron chi connectivity index (χ2n) is 3.71. The first-order valence-corrected chi connectivity index (χ1v) is 5.78. The van der Waals surface area contributed by atoms with Gasteiger partial charge in [0.2, 0.25) is 0 Å². The van der Waals surface area contributed by atoms with Crippen molar-refractivity contribution in [3.8, 4) is 0 Å². The number of rotatable bonds is 4. The highest BCUT2D eigenvalue weighted by molar-refractivity contribution is 6.30. The summed E-state index contributed by atoms with van der Waals surface area (Å²) < 4.78 is 0. The van der Waals surface area contributed by atoms with Gasteiger partial charge in [0.15, 0.2) is 0 Å². The summed E-state index contributed by atoms with van der Waals surface area (Å²) in [4.78, 5) is 4.10. The van der Waals surface area contributed by atoms with Gasteiger partial charge in [-0.3, -0.25) is 4.98 Å². The molecule has 0 bridgehead atoms. The molecule has 3 nitrogen and oxygen atoms in total. The van der Waals surface area contributed by atoms with Crippen molar-refractivity contribution in [2.24, 2.45) is 5.73 Å². The van der Waals surface area contributed by atoms with Crippen LogP contribution in [0.1, 0.15) is 11.1 Å². The maximum Gasteiger partial charge on any atom is 0.0426 e. The third-order valence-electron chi connectivity index (χ3n) is 2.53. The molecular formula is C13H14ClN3. The van der Waals surface area contributed by atoms with Gasteiger partial charge in [-0.25, -0.2) is 0 Å². The van der Waals surface area contributed by atoms with E-state index in [-0.39, 0.29) is 0 Å². The molecule has 0 radical (unpaired) electrons. The first-order valence-electron chi connectivity index (χ1n) is 5.41. The summed E-state index contributed by atoms with van der Waals surface area (Å²) in [5, 5.41) is 4.02. The normalized spacial score (nSPS) is 10.2. The number of aromatic nitrogens is 1. The van der Waals surface area contributed by atoms with Crippen LogP contribution in [0.15, 0.2) is 42.7 Å². The number of hydrogen-bond acceptors (Lipinski definition) is 3. The van der Waals surface area contributed by atoms with Crippen LogP contribution in [0.2, 0.25) is 5.02 Å². The Morgan fingerprint density at radius 1 is 1.24 bits per heavy atom. The molecule has 1 aromatic carbocycles. The lowest BCUT2D eigenvalue weighted by Crippen LogP contribution is -2.06. The van der Waals surface area contributed by atoms with Crippen LogP contribution in [0.25, 0.3) is 0 Å². The van der Waals surface area contributed by atoms with E-state index in [4.69, 9.17) is 17.3 Å². The van der Waals surface area contributed by atoms with Gasteiger partial charge in [0.05, 0.1) is 0 Å². The number of hydrogen-bond donors (Lipinski definition) is 2. The number of nitrogens with two attached hydrogens (primary N) is 1. The Morgan fingerprint density at radius 3 is 2.88 bits per heavy atom. The first kappa shape index (κ1) is 11.9. The summed E-state index contributed by atoms with van der Waals surface area (Å²) in [5.41, 5.74) is 8.87. The van der Waals surface area contributed by atoms with Gasteiger partial charge in [0.1, 0.15) is 0 Å². The molecule has 1 heterocycles. The van der Waals surface area contributed by atoms with Gasteiger partial charge in [-0.05, 0) is 35.4 Å². The minimum Gasteiger partial charge on any atom is -0.381 e.